The Balaban J connectivity index is 1.85. The maximum atomic E-state index is 9.24. The standard InChI is InChI=1S/C17H16O2S/c1-12-4-5-13(11-18)9-14(12)10-15-6-7-17(20-15)16-3-2-8-19-16/h2-9,18H,10-11H2,1H3. The molecule has 0 amide bonds. The highest BCUT2D eigenvalue weighted by Gasteiger charge is 2.07. The normalized spacial score (nSPS) is 10.9. The first-order valence-corrected chi connectivity index (χ1v) is 7.40. The minimum Gasteiger partial charge on any atom is -0.464 e. The van der Waals surface area contributed by atoms with Crippen LogP contribution in [0.2, 0.25) is 0 Å². The first kappa shape index (κ1) is 13.2. The van der Waals surface area contributed by atoms with Gasteiger partial charge in [-0.25, -0.2) is 0 Å². The predicted molar refractivity (Wildman–Crippen MR) is 81.9 cm³/mol. The molecule has 0 unspecified atom stereocenters. The Morgan fingerprint density at radius 3 is 2.80 bits per heavy atom. The first-order valence-electron chi connectivity index (χ1n) is 6.58. The zero-order chi connectivity index (χ0) is 13.9. The van der Waals surface area contributed by atoms with E-state index in [1.54, 1.807) is 17.6 Å². The van der Waals surface area contributed by atoms with Gasteiger partial charge in [-0.15, -0.1) is 11.3 Å². The average molecular weight is 284 g/mol. The second-order valence-corrected chi connectivity index (χ2v) is 6.01. The molecule has 0 aliphatic carbocycles. The number of rotatable bonds is 4. The summed E-state index contributed by atoms with van der Waals surface area (Å²) in [6, 6.07) is 14.3. The smallest absolute Gasteiger partial charge is 0.143 e. The van der Waals surface area contributed by atoms with Crippen molar-refractivity contribution in [2.24, 2.45) is 0 Å². The van der Waals surface area contributed by atoms with Crippen LogP contribution in [0.4, 0.5) is 0 Å². The van der Waals surface area contributed by atoms with Gasteiger partial charge in [-0.05, 0) is 47.9 Å². The van der Waals surface area contributed by atoms with Crippen molar-refractivity contribution in [1.82, 2.24) is 0 Å². The van der Waals surface area contributed by atoms with Crippen LogP contribution in [-0.4, -0.2) is 5.11 Å². The SMILES string of the molecule is Cc1ccc(CO)cc1Cc1ccc(-c2ccco2)s1. The van der Waals surface area contributed by atoms with Crippen LogP contribution in [0.5, 0.6) is 0 Å². The molecule has 0 atom stereocenters. The highest BCUT2D eigenvalue weighted by molar-refractivity contribution is 7.15. The third-order valence-electron chi connectivity index (χ3n) is 3.39. The summed E-state index contributed by atoms with van der Waals surface area (Å²) < 4.78 is 5.42. The van der Waals surface area contributed by atoms with Gasteiger partial charge in [0.2, 0.25) is 0 Å². The molecule has 3 aromatic rings. The second-order valence-electron chi connectivity index (χ2n) is 4.84. The topological polar surface area (TPSA) is 33.4 Å². The van der Waals surface area contributed by atoms with Gasteiger partial charge in [-0.1, -0.05) is 18.2 Å². The van der Waals surface area contributed by atoms with E-state index in [1.165, 1.54) is 16.0 Å². The fourth-order valence-corrected chi connectivity index (χ4v) is 3.22. The number of benzene rings is 1. The zero-order valence-electron chi connectivity index (χ0n) is 11.3. The van der Waals surface area contributed by atoms with E-state index in [2.05, 4.69) is 31.2 Å². The van der Waals surface area contributed by atoms with E-state index in [-0.39, 0.29) is 6.61 Å². The number of hydrogen-bond donors (Lipinski definition) is 1. The van der Waals surface area contributed by atoms with Crippen molar-refractivity contribution in [1.29, 1.82) is 0 Å². The van der Waals surface area contributed by atoms with Crippen molar-refractivity contribution in [2.75, 3.05) is 0 Å². The lowest BCUT2D eigenvalue weighted by molar-refractivity contribution is 0.281. The van der Waals surface area contributed by atoms with Crippen LogP contribution in [0.25, 0.3) is 10.6 Å². The van der Waals surface area contributed by atoms with Crippen LogP contribution >= 0.6 is 11.3 Å². The van der Waals surface area contributed by atoms with E-state index < -0.39 is 0 Å². The molecule has 2 aromatic heterocycles. The number of furan rings is 1. The van der Waals surface area contributed by atoms with E-state index in [4.69, 9.17) is 4.42 Å². The minimum absolute atomic E-state index is 0.0926. The van der Waals surface area contributed by atoms with Crippen LogP contribution in [0.3, 0.4) is 0 Å². The molecule has 3 rings (SSSR count). The second kappa shape index (κ2) is 5.65. The number of hydrogen-bond acceptors (Lipinski definition) is 3. The molecule has 0 saturated carbocycles. The summed E-state index contributed by atoms with van der Waals surface area (Å²) in [4.78, 5) is 2.45. The molecule has 0 aliphatic rings. The third kappa shape index (κ3) is 2.69. The summed E-state index contributed by atoms with van der Waals surface area (Å²) in [5, 5.41) is 9.24. The Kier molecular flexibility index (Phi) is 3.72. The molecule has 0 saturated heterocycles. The largest absolute Gasteiger partial charge is 0.464 e. The highest BCUT2D eigenvalue weighted by atomic mass is 32.1. The summed E-state index contributed by atoms with van der Waals surface area (Å²) in [6.07, 6.45) is 2.59. The molecule has 0 radical (unpaired) electrons. The summed E-state index contributed by atoms with van der Waals surface area (Å²) >= 11 is 1.75. The quantitative estimate of drug-likeness (QED) is 0.770. The van der Waals surface area contributed by atoms with Crippen molar-refractivity contribution in [3.8, 4) is 10.6 Å². The Morgan fingerprint density at radius 1 is 1.15 bits per heavy atom. The van der Waals surface area contributed by atoms with Crippen LogP contribution in [0, 0.1) is 6.92 Å². The van der Waals surface area contributed by atoms with Gasteiger partial charge in [0.25, 0.3) is 0 Å². The van der Waals surface area contributed by atoms with Crippen molar-refractivity contribution >= 4 is 11.3 Å². The Hall–Kier alpha value is -1.84. The predicted octanol–water partition coefficient (Wildman–Crippen LogP) is 4.40. The van der Waals surface area contributed by atoms with E-state index in [0.717, 1.165) is 22.6 Å². The first-order chi connectivity index (χ1) is 9.76. The molecular formula is C17H16O2S. The minimum atomic E-state index is 0.0926. The van der Waals surface area contributed by atoms with Crippen molar-refractivity contribution in [2.45, 2.75) is 20.0 Å². The summed E-state index contributed by atoms with van der Waals surface area (Å²) in [5.74, 6) is 0.919. The molecular weight excluding hydrogens is 268 g/mol. The Labute approximate surface area is 122 Å². The molecule has 0 fully saturated rings. The maximum Gasteiger partial charge on any atom is 0.143 e. The molecule has 3 heteroatoms. The van der Waals surface area contributed by atoms with Gasteiger partial charge >= 0.3 is 0 Å². The molecule has 102 valence electrons. The molecule has 20 heavy (non-hydrogen) atoms. The Bertz CT molecular complexity index is 696. The van der Waals surface area contributed by atoms with Crippen LogP contribution in [0.15, 0.2) is 53.1 Å². The molecule has 1 N–H and O–H groups in total. The van der Waals surface area contributed by atoms with Gasteiger partial charge in [-0.2, -0.15) is 0 Å². The van der Waals surface area contributed by atoms with Crippen LogP contribution in [-0.2, 0) is 13.0 Å². The third-order valence-corrected chi connectivity index (χ3v) is 4.49. The van der Waals surface area contributed by atoms with Gasteiger partial charge in [0.1, 0.15) is 5.76 Å². The van der Waals surface area contributed by atoms with Crippen molar-refractivity contribution in [3.63, 3.8) is 0 Å². The molecule has 1 aromatic carbocycles. The summed E-state index contributed by atoms with van der Waals surface area (Å²) in [7, 11) is 0. The maximum absolute atomic E-state index is 9.24. The van der Waals surface area contributed by atoms with E-state index in [0.29, 0.717) is 0 Å². The van der Waals surface area contributed by atoms with E-state index in [9.17, 15) is 5.11 Å². The highest BCUT2D eigenvalue weighted by Crippen LogP contribution is 2.30. The summed E-state index contributed by atoms with van der Waals surface area (Å²) in [5.41, 5.74) is 3.49. The Morgan fingerprint density at radius 2 is 2.05 bits per heavy atom. The lowest BCUT2D eigenvalue weighted by Crippen LogP contribution is -1.92. The van der Waals surface area contributed by atoms with Crippen molar-refractivity contribution < 1.29 is 9.52 Å². The van der Waals surface area contributed by atoms with E-state index in [1.807, 2.05) is 18.2 Å². The lowest BCUT2D eigenvalue weighted by Gasteiger charge is -2.06. The van der Waals surface area contributed by atoms with Crippen molar-refractivity contribution in [3.05, 3.63) is 70.3 Å². The van der Waals surface area contributed by atoms with Gasteiger partial charge in [0, 0.05) is 11.3 Å². The number of aryl methyl sites for hydroxylation is 1. The molecule has 2 heterocycles. The molecule has 0 bridgehead atoms. The average Bonchev–Trinajstić information content (AvgIpc) is 3.12. The summed E-state index contributed by atoms with van der Waals surface area (Å²) in [6.45, 7) is 2.20. The fourth-order valence-electron chi connectivity index (χ4n) is 2.23. The van der Waals surface area contributed by atoms with Gasteiger partial charge in [0.15, 0.2) is 0 Å². The molecule has 0 spiro atoms. The lowest BCUT2D eigenvalue weighted by atomic mass is 10.0. The zero-order valence-corrected chi connectivity index (χ0v) is 12.1. The van der Waals surface area contributed by atoms with E-state index >= 15 is 0 Å². The fraction of sp³-hybridized carbons (Fsp3) is 0.176. The molecule has 0 aliphatic heterocycles. The van der Waals surface area contributed by atoms with Gasteiger partial charge < -0.3 is 9.52 Å². The number of aliphatic hydroxyl groups excluding tert-OH is 1. The number of aliphatic hydroxyl groups is 1. The van der Waals surface area contributed by atoms with Crippen LogP contribution < -0.4 is 0 Å². The number of thiophene rings is 1. The monoisotopic (exact) mass is 284 g/mol. The molecule has 2 nitrogen and oxygen atoms in total. The van der Waals surface area contributed by atoms with Gasteiger partial charge in [0.05, 0.1) is 17.7 Å². The van der Waals surface area contributed by atoms with Gasteiger partial charge in [-0.3, -0.25) is 0 Å². The van der Waals surface area contributed by atoms with Crippen LogP contribution in [0.1, 0.15) is 21.6 Å².